The number of hydrogen-bond acceptors (Lipinski definition) is 2. The molecule has 143 heavy (non-hydrogen) atoms. The van der Waals surface area contributed by atoms with E-state index in [-0.39, 0.29) is 65.0 Å². The highest BCUT2D eigenvalue weighted by molar-refractivity contribution is 5.95. The standard InChI is InChI=1S/C71H77N.C70H75N/c1-44-60(47-22-34-56-58-36-28-51(68(8,9)10)40-64(58)70(14,15)62(56)38-47)42-55(43-61(44)48-23-35-57-59-37-29-52(69(11,12)13)41-65(59)71(16,17)63(57)39-48)72(54-32-26-50(27-33-54)67(5,6)7)53-30-20-46(21-31-53)45-18-24-49(25-19-45)66(2,3)4;1-65(2,3)50-23-17-44(18-24-50)45-19-29-54(30-20-45)71(55-31-25-51(26-32-55)66(4,5)6)56-38-48(46-21-33-57-59-35-27-52(67(7,8)9)42-63(59)69(13,14)61(57)40-46)37-49(39-56)47-22-34-58-60-36-28-53(68(10,11)12)43-64(60)70(15,16)62(58)41-47/h18-43H,1-17H3;17-43H,1-16H3. The lowest BCUT2D eigenvalue weighted by Gasteiger charge is -2.29. The molecule has 0 aliphatic heterocycles. The average molecular weight is 1870 g/mol. The second kappa shape index (κ2) is 34.7. The first-order valence-electron chi connectivity index (χ1n) is 52.6. The Morgan fingerprint density at radius 2 is 0.308 bits per heavy atom. The zero-order valence-corrected chi connectivity index (χ0v) is 92.0. The van der Waals surface area contributed by atoms with E-state index in [0.717, 1.165) is 34.1 Å². The van der Waals surface area contributed by atoms with Crippen LogP contribution in [0.5, 0.6) is 0 Å². The fourth-order valence-electron chi connectivity index (χ4n) is 23.1. The molecule has 0 atom stereocenters. The van der Waals surface area contributed by atoms with Gasteiger partial charge in [-0.1, -0.05) is 440 Å². The first-order chi connectivity index (χ1) is 66.8. The fraction of sp³-hybridized carbons (Fsp3) is 0.319. The van der Waals surface area contributed by atoms with Crippen molar-refractivity contribution in [3.8, 4) is 111 Å². The minimum atomic E-state index is -0.153. The van der Waals surface area contributed by atoms with Gasteiger partial charge >= 0.3 is 0 Å². The Bertz CT molecular complexity index is 7370. The van der Waals surface area contributed by atoms with Crippen molar-refractivity contribution in [2.75, 3.05) is 9.80 Å². The summed E-state index contributed by atoms with van der Waals surface area (Å²) in [5, 5.41) is 0. The minimum Gasteiger partial charge on any atom is -0.310 e. The molecule has 20 rings (SSSR count). The molecule has 0 heterocycles. The van der Waals surface area contributed by atoms with Crippen LogP contribution in [0.25, 0.3) is 111 Å². The molecule has 2 heteroatoms. The van der Waals surface area contributed by atoms with E-state index in [0.29, 0.717) is 0 Å². The van der Waals surface area contributed by atoms with E-state index in [1.54, 1.807) is 0 Å². The van der Waals surface area contributed by atoms with Gasteiger partial charge in [-0.05, 0) is 359 Å². The molecule has 16 aromatic carbocycles. The molecule has 0 fully saturated rings. The van der Waals surface area contributed by atoms with Crippen molar-refractivity contribution in [3.05, 3.63) is 416 Å². The van der Waals surface area contributed by atoms with E-state index >= 15 is 0 Å². The van der Waals surface area contributed by atoms with Crippen LogP contribution in [-0.4, -0.2) is 0 Å². The number of hydrogen-bond donors (Lipinski definition) is 0. The molecule has 16 aromatic rings. The number of benzene rings is 16. The van der Waals surface area contributed by atoms with E-state index in [1.165, 1.54) is 206 Å². The summed E-state index contributed by atoms with van der Waals surface area (Å²) < 4.78 is 0. The molecule has 4 aliphatic carbocycles. The fourth-order valence-corrected chi connectivity index (χ4v) is 23.1. The number of anilines is 6. The van der Waals surface area contributed by atoms with Crippen LogP contribution in [0.3, 0.4) is 0 Å². The minimum absolute atomic E-state index is 0.0301. The molecule has 0 radical (unpaired) electrons. The van der Waals surface area contributed by atoms with Crippen molar-refractivity contribution in [3.63, 3.8) is 0 Å². The molecule has 2 nitrogen and oxygen atoms in total. The summed E-state index contributed by atoms with van der Waals surface area (Å²) in [4.78, 5) is 4.95. The van der Waals surface area contributed by atoms with E-state index < -0.39 is 0 Å². The molecule has 726 valence electrons. The van der Waals surface area contributed by atoms with Gasteiger partial charge in [0.2, 0.25) is 0 Å². The monoisotopic (exact) mass is 1870 g/mol. The van der Waals surface area contributed by atoms with Crippen molar-refractivity contribution < 1.29 is 0 Å². The summed E-state index contributed by atoms with van der Waals surface area (Å²) in [6.45, 7) is 76.9. The predicted molar refractivity (Wildman–Crippen MR) is 619 cm³/mol. The van der Waals surface area contributed by atoms with E-state index in [1.807, 2.05) is 0 Å². The number of rotatable bonds is 12. The lowest BCUT2D eigenvalue weighted by atomic mass is 9.78. The van der Waals surface area contributed by atoms with Crippen LogP contribution in [0.15, 0.2) is 322 Å². The Hall–Kier alpha value is -12.9. The summed E-state index contributed by atoms with van der Waals surface area (Å²) >= 11 is 0. The highest BCUT2D eigenvalue weighted by Crippen LogP contribution is 2.59. The Labute approximate surface area is 858 Å². The second-order valence-electron chi connectivity index (χ2n) is 52.5. The van der Waals surface area contributed by atoms with Crippen molar-refractivity contribution in [2.45, 2.75) is 293 Å². The summed E-state index contributed by atoms with van der Waals surface area (Å²) in [6, 6.07) is 125. The van der Waals surface area contributed by atoms with Gasteiger partial charge in [-0.2, -0.15) is 0 Å². The maximum Gasteiger partial charge on any atom is 0.0474 e. The van der Waals surface area contributed by atoms with E-state index in [4.69, 9.17) is 0 Å². The SMILES string of the molecule is CC(C)(C)c1ccc(-c2ccc(N(c3ccc(C(C)(C)C)cc3)c3cc(-c4ccc5c(c4)C(C)(C)c4cc(C(C)(C)C)ccc4-5)cc(-c4ccc5c(c4)C(C)(C)c4cc(C(C)(C)C)ccc4-5)c3)cc2)cc1.Cc1c(-c2ccc3c(c2)C(C)(C)c2cc(C(C)(C)C)ccc2-3)cc(N(c2ccc(-c3ccc(C(C)(C)C)cc3)cc2)c2ccc(C(C)(C)C)cc2)cc1-c1ccc2c(c1)C(C)(C)c1cc(C(C)(C)C)ccc1-2. The van der Waals surface area contributed by atoms with Gasteiger partial charge in [0.1, 0.15) is 0 Å². The van der Waals surface area contributed by atoms with Crippen LogP contribution < -0.4 is 9.80 Å². The highest BCUT2D eigenvalue weighted by atomic mass is 15.1. The number of fused-ring (bicyclic) bond motifs is 12. The third-order valence-corrected chi connectivity index (χ3v) is 32.7. The van der Waals surface area contributed by atoms with Gasteiger partial charge in [0.25, 0.3) is 0 Å². The van der Waals surface area contributed by atoms with Gasteiger partial charge in [-0.3, -0.25) is 0 Å². The van der Waals surface area contributed by atoms with Gasteiger partial charge in [0, 0.05) is 55.8 Å². The number of nitrogens with zero attached hydrogens (tertiary/aromatic N) is 2. The molecule has 0 saturated heterocycles. The van der Waals surface area contributed by atoms with Crippen LogP contribution >= 0.6 is 0 Å². The largest absolute Gasteiger partial charge is 0.310 e. The van der Waals surface area contributed by atoms with Gasteiger partial charge in [-0.25, -0.2) is 0 Å². The molecule has 0 amide bonds. The molecule has 0 aromatic heterocycles. The zero-order valence-electron chi connectivity index (χ0n) is 92.0. The summed E-state index contributed by atoms with van der Waals surface area (Å²) in [6.07, 6.45) is 0. The zero-order chi connectivity index (χ0) is 102. The van der Waals surface area contributed by atoms with E-state index in [2.05, 4.69) is 560 Å². The predicted octanol–water partition coefficient (Wildman–Crippen LogP) is 40.2. The van der Waals surface area contributed by atoms with Gasteiger partial charge in [0.15, 0.2) is 0 Å². The molecule has 0 unspecified atom stereocenters. The van der Waals surface area contributed by atoms with Crippen molar-refractivity contribution >= 4 is 34.1 Å². The van der Waals surface area contributed by atoms with Crippen LogP contribution in [0, 0.1) is 6.92 Å². The highest BCUT2D eigenvalue weighted by Gasteiger charge is 2.43. The molecule has 0 N–H and O–H groups in total. The third kappa shape index (κ3) is 18.1. The van der Waals surface area contributed by atoms with Crippen LogP contribution in [0.1, 0.15) is 316 Å². The molecule has 0 bridgehead atoms. The summed E-state index contributed by atoms with van der Waals surface area (Å²) in [5.74, 6) is 0. The van der Waals surface area contributed by atoms with Crippen molar-refractivity contribution in [2.24, 2.45) is 0 Å². The Balaban J connectivity index is 0.000000181. The molecule has 0 saturated carbocycles. The van der Waals surface area contributed by atoms with Crippen LogP contribution in [0.2, 0.25) is 0 Å². The lowest BCUT2D eigenvalue weighted by molar-refractivity contribution is 0.584. The van der Waals surface area contributed by atoms with Gasteiger partial charge < -0.3 is 9.80 Å². The van der Waals surface area contributed by atoms with Gasteiger partial charge in [-0.15, -0.1) is 0 Å². The average Bonchev–Trinajstić information content (AvgIpc) is 1.58. The second-order valence-corrected chi connectivity index (χ2v) is 52.5. The van der Waals surface area contributed by atoms with Gasteiger partial charge in [0.05, 0.1) is 0 Å². The molecular weight excluding hydrogens is 1720 g/mol. The molecule has 4 aliphatic rings. The first-order valence-corrected chi connectivity index (χ1v) is 52.6. The summed E-state index contributed by atoms with van der Waals surface area (Å²) in [7, 11) is 0. The topological polar surface area (TPSA) is 6.48 Å². The Morgan fingerprint density at radius 1 is 0.140 bits per heavy atom. The quantitative estimate of drug-likeness (QED) is 0.120. The maximum absolute atomic E-state index is 2.51. The normalized spacial score (nSPS) is 14.7. The smallest absolute Gasteiger partial charge is 0.0474 e. The lowest BCUT2D eigenvalue weighted by Crippen LogP contribution is -2.18. The maximum atomic E-state index is 2.51. The third-order valence-electron chi connectivity index (χ3n) is 32.7. The van der Waals surface area contributed by atoms with Crippen LogP contribution in [0.4, 0.5) is 34.1 Å². The van der Waals surface area contributed by atoms with Crippen molar-refractivity contribution in [1.29, 1.82) is 0 Å². The Kier molecular flexibility index (Phi) is 24.0. The van der Waals surface area contributed by atoms with Crippen LogP contribution in [-0.2, 0) is 65.0 Å². The van der Waals surface area contributed by atoms with E-state index in [9.17, 15) is 0 Å². The van der Waals surface area contributed by atoms with Crippen molar-refractivity contribution in [1.82, 2.24) is 0 Å². The first kappa shape index (κ1) is 98.9. The molecule has 0 spiro atoms. The summed E-state index contributed by atoms with van der Waals surface area (Å²) in [5.41, 5.74) is 55.6. The molecular formula is C141H152N2. The Morgan fingerprint density at radius 3 is 0.538 bits per heavy atom.